The Labute approximate surface area is 86.0 Å². The second-order valence-electron chi connectivity index (χ2n) is 4.31. The zero-order valence-corrected chi connectivity index (χ0v) is 9.08. The first kappa shape index (κ1) is 9.50. The second-order valence-corrected chi connectivity index (χ2v) is 4.31. The summed E-state index contributed by atoms with van der Waals surface area (Å²) in [5.74, 6) is 0. The standard InChI is InChI=1S/C12H18N2/c1-9(2)14-10(3)8-13-11-6-4-5-7-12(11)14/h8-9H,3-7H2,1-2H3. The molecule has 14 heavy (non-hydrogen) atoms. The Balaban J connectivity index is 2.35. The van der Waals surface area contributed by atoms with Crippen LogP contribution in [-0.2, 0) is 0 Å². The molecule has 0 amide bonds. The lowest BCUT2D eigenvalue weighted by Crippen LogP contribution is -2.33. The van der Waals surface area contributed by atoms with Crippen LogP contribution in [0.5, 0.6) is 0 Å². The van der Waals surface area contributed by atoms with E-state index >= 15 is 0 Å². The number of rotatable bonds is 1. The van der Waals surface area contributed by atoms with E-state index in [4.69, 9.17) is 0 Å². The quantitative estimate of drug-likeness (QED) is 0.620. The molecule has 0 aromatic carbocycles. The average molecular weight is 190 g/mol. The van der Waals surface area contributed by atoms with Crippen LogP contribution in [0.3, 0.4) is 0 Å². The van der Waals surface area contributed by atoms with Gasteiger partial charge in [-0.1, -0.05) is 6.58 Å². The molecule has 0 unspecified atom stereocenters. The van der Waals surface area contributed by atoms with Gasteiger partial charge in [-0.3, -0.25) is 4.99 Å². The summed E-state index contributed by atoms with van der Waals surface area (Å²) in [6, 6.07) is 0.498. The van der Waals surface area contributed by atoms with Gasteiger partial charge in [-0.05, 0) is 39.5 Å². The van der Waals surface area contributed by atoms with E-state index < -0.39 is 0 Å². The fraction of sp³-hybridized carbons (Fsp3) is 0.583. The van der Waals surface area contributed by atoms with Crippen LogP contribution >= 0.6 is 0 Å². The molecule has 0 N–H and O–H groups in total. The molecular weight excluding hydrogens is 172 g/mol. The van der Waals surface area contributed by atoms with Gasteiger partial charge in [0, 0.05) is 11.7 Å². The summed E-state index contributed by atoms with van der Waals surface area (Å²) < 4.78 is 0. The summed E-state index contributed by atoms with van der Waals surface area (Å²) in [4.78, 5) is 6.81. The molecule has 2 nitrogen and oxygen atoms in total. The minimum atomic E-state index is 0.498. The van der Waals surface area contributed by atoms with Crippen LogP contribution in [0.15, 0.2) is 28.7 Å². The number of hydrogen-bond acceptors (Lipinski definition) is 2. The minimum absolute atomic E-state index is 0.498. The largest absolute Gasteiger partial charge is 0.340 e. The van der Waals surface area contributed by atoms with E-state index in [1.807, 2.05) is 6.21 Å². The van der Waals surface area contributed by atoms with E-state index in [-0.39, 0.29) is 0 Å². The van der Waals surface area contributed by atoms with Crippen molar-refractivity contribution in [1.29, 1.82) is 0 Å². The summed E-state index contributed by atoms with van der Waals surface area (Å²) in [7, 11) is 0. The highest BCUT2D eigenvalue weighted by atomic mass is 15.2. The predicted octanol–water partition coefficient (Wildman–Crippen LogP) is 3.08. The minimum Gasteiger partial charge on any atom is -0.340 e. The van der Waals surface area contributed by atoms with E-state index in [2.05, 4.69) is 30.3 Å². The van der Waals surface area contributed by atoms with Gasteiger partial charge < -0.3 is 4.90 Å². The van der Waals surface area contributed by atoms with Crippen molar-refractivity contribution in [3.63, 3.8) is 0 Å². The van der Waals surface area contributed by atoms with Crippen molar-refractivity contribution >= 4 is 6.21 Å². The third-order valence-electron chi connectivity index (χ3n) is 2.90. The Morgan fingerprint density at radius 1 is 1.36 bits per heavy atom. The summed E-state index contributed by atoms with van der Waals surface area (Å²) in [6.45, 7) is 8.47. The zero-order chi connectivity index (χ0) is 10.1. The number of allylic oxidation sites excluding steroid dienone is 3. The first-order valence-electron chi connectivity index (χ1n) is 5.44. The van der Waals surface area contributed by atoms with E-state index in [0.717, 1.165) is 12.1 Å². The smallest absolute Gasteiger partial charge is 0.0598 e. The monoisotopic (exact) mass is 190 g/mol. The van der Waals surface area contributed by atoms with Gasteiger partial charge in [0.15, 0.2) is 0 Å². The fourth-order valence-electron chi connectivity index (χ4n) is 2.30. The van der Waals surface area contributed by atoms with Crippen LogP contribution in [-0.4, -0.2) is 17.2 Å². The van der Waals surface area contributed by atoms with Crippen LogP contribution in [0, 0.1) is 0 Å². The van der Waals surface area contributed by atoms with Crippen LogP contribution in [0.1, 0.15) is 39.5 Å². The normalized spacial score (nSPS) is 21.9. The highest BCUT2D eigenvalue weighted by Gasteiger charge is 2.24. The molecule has 0 aromatic rings. The Morgan fingerprint density at radius 2 is 2.07 bits per heavy atom. The lowest BCUT2D eigenvalue weighted by molar-refractivity contribution is 0.337. The SMILES string of the molecule is C=C1C=NC2=C(CCCC2)N1C(C)C. The van der Waals surface area contributed by atoms with E-state index in [9.17, 15) is 0 Å². The molecule has 0 aromatic heterocycles. The van der Waals surface area contributed by atoms with Crippen molar-refractivity contribution in [1.82, 2.24) is 4.90 Å². The molecule has 2 rings (SSSR count). The van der Waals surface area contributed by atoms with Gasteiger partial charge in [-0.15, -0.1) is 0 Å². The van der Waals surface area contributed by atoms with E-state index in [0.29, 0.717) is 6.04 Å². The molecule has 0 radical (unpaired) electrons. The Morgan fingerprint density at radius 3 is 2.79 bits per heavy atom. The Kier molecular flexibility index (Phi) is 2.44. The third kappa shape index (κ3) is 1.49. The van der Waals surface area contributed by atoms with Crippen molar-refractivity contribution in [2.75, 3.05) is 0 Å². The van der Waals surface area contributed by atoms with Gasteiger partial charge in [0.2, 0.25) is 0 Å². The summed E-state index contributed by atoms with van der Waals surface area (Å²) in [5, 5.41) is 0. The predicted molar refractivity (Wildman–Crippen MR) is 60.1 cm³/mol. The molecule has 0 saturated carbocycles. The number of nitrogens with zero attached hydrogens (tertiary/aromatic N) is 2. The molecule has 0 spiro atoms. The Bertz CT molecular complexity index is 310. The van der Waals surface area contributed by atoms with Crippen LogP contribution < -0.4 is 0 Å². The molecule has 0 atom stereocenters. The molecule has 1 heterocycles. The molecule has 76 valence electrons. The van der Waals surface area contributed by atoms with Crippen molar-refractivity contribution in [3.8, 4) is 0 Å². The lowest BCUT2D eigenvalue weighted by atomic mass is 9.98. The molecule has 1 aliphatic heterocycles. The van der Waals surface area contributed by atoms with Crippen molar-refractivity contribution in [2.45, 2.75) is 45.6 Å². The van der Waals surface area contributed by atoms with E-state index in [1.165, 1.54) is 30.7 Å². The van der Waals surface area contributed by atoms with Gasteiger partial charge in [0.1, 0.15) is 0 Å². The highest BCUT2D eigenvalue weighted by Crippen LogP contribution is 2.33. The van der Waals surface area contributed by atoms with Crippen LogP contribution in [0.4, 0.5) is 0 Å². The maximum atomic E-state index is 4.48. The first-order valence-corrected chi connectivity index (χ1v) is 5.44. The topological polar surface area (TPSA) is 15.6 Å². The Hall–Kier alpha value is -1.05. The maximum absolute atomic E-state index is 4.48. The molecule has 1 aliphatic carbocycles. The van der Waals surface area contributed by atoms with Gasteiger partial charge in [-0.25, -0.2) is 0 Å². The van der Waals surface area contributed by atoms with E-state index in [1.54, 1.807) is 0 Å². The zero-order valence-electron chi connectivity index (χ0n) is 9.08. The molecule has 2 aliphatic rings. The number of aliphatic imine (C=N–C) groups is 1. The number of hydrogen-bond donors (Lipinski definition) is 0. The van der Waals surface area contributed by atoms with Gasteiger partial charge in [0.25, 0.3) is 0 Å². The first-order chi connectivity index (χ1) is 6.70. The summed E-state index contributed by atoms with van der Waals surface area (Å²) in [6.07, 6.45) is 6.80. The van der Waals surface area contributed by atoms with Gasteiger partial charge in [0.05, 0.1) is 17.6 Å². The molecule has 0 fully saturated rings. The second kappa shape index (κ2) is 3.60. The summed E-state index contributed by atoms with van der Waals surface area (Å²) in [5.41, 5.74) is 3.75. The molecule has 0 bridgehead atoms. The fourth-order valence-corrected chi connectivity index (χ4v) is 2.30. The van der Waals surface area contributed by atoms with Crippen molar-refractivity contribution < 1.29 is 0 Å². The molecular formula is C12H18N2. The van der Waals surface area contributed by atoms with Gasteiger partial charge >= 0.3 is 0 Å². The van der Waals surface area contributed by atoms with Gasteiger partial charge in [-0.2, -0.15) is 0 Å². The summed E-state index contributed by atoms with van der Waals surface area (Å²) >= 11 is 0. The van der Waals surface area contributed by atoms with Crippen LogP contribution in [0.2, 0.25) is 0 Å². The lowest BCUT2D eigenvalue weighted by Gasteiger charge is -2.36. The maximum Gasteiger partial charge on any atom is 0.0598 e. The van der Waals surface area contributed by atoms with Crippen molar-refractivity contribution in [2.24, 2.45) is 4.99 Å². The average Bonchev–Trinajstić information content (AvgIpc) is 2.17. The third-order valence-corrected chi connectivity index (χ3v) is 2.90. The molecule has 2 heteroatoms. The van der Waals surface area contributed by atoms with Crippen LogP contribution in [0.25, 0.3) is 0 Å². The highest BCUT2D eigenvalue weighted by molar-refractivity contribution is 5.80. The van der Waals surface area contributed by atoms with Crippen molar-refractivity contribution in [3.05, 3.63) is 23.7 Å². The molecule has 0 saturated heterocycles.